The number of hydrogen-bond acceptors (Lipinski definition) is 2. The van der Waals surface area contributed by atoms with Crippen LogP contribution in [0.15, 0.2) is 18.2 Å². The Balaban J connectivity index is 3.21. The van der Waals surface area contributed by atoms with Crippen LogP contribution in [-0.2, 0) is 6.18 Å². The zero-order valence-electron chi connectivity index (χ0n) is 7.47. The molecule has 1 aromatic rings. The largest absolute Gasteiger partial charge is 0.508 e. The fourth-order valence-electron chi connectivity index (χ4n) is 1.06. The summed E-state index contributed by atoms with van der Waals surface area (Å²) in [5, 5.41) is 9.05. The summed E-state index contributed by atoms with van der Waals surface area (Å²) in [5.41, 5.74) is 4.79. The fourth-order valence-corrected chi connectivity index (χ4v) is 1.06. The van der Waals surface area contributed by atoms with E-state index in [0.29, 0.717) is 6.07 Å². The molecule has 0 amide bonds. The van der Waals surface area contributed by atoms with E-state index in [0.717, 1.165) is 6.07 Å². The summed E-state index contributed by atoms with van der Waals surface area (Å²) in [6.07, 6.45) is -4.46. The number of halogens is 3. The average Bonchev–Trinajstić information content (AvgIpc) is 2.01. The third kappa shape index (κ3) is 2.38. The maximum atomic E-state index is 12.3. The first-order chi connectivity index (χ1) is 6.30. The summed E-state index contributed by atoms with van der Waals surface area (Å²) in [6.45, 7) is 1.55. The molecule has 0 spiro atoms. The molecule has 1 aromatic carbocycles. The second-order valence-corrected chi connectivity index (χ2v) is 3.10. The molecular weight excluding hydrogens is 195 g/mol. The number of benzene rings is 1. The molecule has 78 valence electrons. The molecule has 0 saturated heterocycles. The molecule has 1 rings (SSSR count). The average molecular weight is 205 g/mol. The summed E-state index contributed by atoms with van der Waals surface area (Å²) < 4.78 is 36.8. The Kier molecular flexibility index (Phi) is 2.71. The Bertz CT molecular complexity index is 333. The molecule has 0 radical (unpaired) electrons. The van der Waals surface area contributed by atoms with E-state index in [4.69, 9.17) is 10.8 Å². The monoisotopic (exact) mass is 205 g/mol. The summed E-state index contributed by atoms with van der Waals surface area (Å²) in [7, 11) is 0. The van der Waals surface area contributed by atoms with Gasteiger partial charge in [-0.15, -0.1) is 0 Å². The van der Waals surface area contributed by atoms with Crippen molar-refractivity contribution < 1.29 is 18.3 Å². The van der Waals surface area contributed by atoms with Gasteiger partial charge in [0.15, 0.2) is 0 Å². The highest BCUT2D eigenvalue weighted by molar-refractivity contribution is 5.36. The molecular formula is C9H10F3NO. The van der Waals surface area contributed by atoms with Gasteiger partial charge in [0, 0.05) is 6.04 Å². The van der Waals surface area contributed by atoms with E-state index in [2.05, 4.69) is 0 Å². The van der Waals surface area contributed by atoms with Gasteiger partial charge in [-0.3, -0.25) is 0 Å². The summed E-state index contributed by atoms with van der Waals surface area (Å²) in [4.78, 5) is 0. The van der Waals surface area contributed by atoms with Crippen LogP contribution in [-0.4, -0.2) is 5.11 Å². The standard InChI is InChI=1S/C9H10F3NO/c1-5(13)6-2-7(9(10,11)12)4-8(14)3-6/h2-5,14H,13H2,1H3. The first-order valence-corrected chi connectivity index (χ1v) is 3.97. The maximum absolute atomic E-state index is 12.3. The third-order valence-electron chi connectivity index (χ3n) is 1.79. The number of phenolic OH excluding ortho intramolecular Hbond substituents is 1. The van der Waals surface area contributed by atoms with Gasteiger partial charge in [0.2, 0.25) is 0 Å². The Morgan fingerprint density at radius 1 is 1.29 bits per heavy atom. The molecule has 1 atom stereocenters. The van der Waals surface area contributed by atoms with Gasteiger partial charge in [0.25, 0.3) is 0 Å². The fraction of sp³-hybridized carbons (Fsp3) is 0.333. The zero-order chi connectivity index (χ0) is 10.9. The van der Waals surface area contributed by atoms with Crippen LogP contribution in [0.5, 0.6) is 5.75 Å². The molecule has 5 heteroatoms. The van der Waals surface area contributed by atoms with Crippen molar-refractivity contribution in [2.75, 3.05) is 0 Å². The van der Waals surface area contributed by atoms with E-state index >= 15 is 0 Å². The number of hydrogen-bond donors (Lipinski definition) is 2. The highest BCUT2D eigenvalue weighted by Crippen LogP contribution is 2.33. The van der Waals surface area contributed by atoms with E-state index < -0.39 is 23.5 Å². The quantitative estimate of drug-likeness (QED) is 0.739. The molecule has 2 nitrogen and oxygen atoms in total. The predicted molar refractivity (Wildman–Crippen MR) is 45.7 cm³/mol. The van der Waals surface area contributed by atoms with E-state index in [1.165, 1.54) is 6.07 Å². The van der Waals surface area contributed by atoms with Crippen molar-refractivity contribution in [2.24, 2.45) is 5.73 Å². The Morgan fingerprint density at radius 2 is 1.86 bits per heavy atom. The van der Waals surface area contributed by atoms with Crippen LogP contribution in [0.3, 0.4) is 0 Å². The number of phenols is 1. The lowest BCUT2D eigenvalue weighted by atomic mass is 10.0. The lowest BCUT2D eigenvalue weighted by Gasteiger charge is -2.11. The Labute approximate surface area is 79.2 Å². The van der Waals surface area contributed by atoms with Crippen molar-refractivity contribution in [1.82, 2.24) is 0 Å². The van der Waals surface area contributed by atoms with E-state index in [1.807, 2.05) is 0 Å². The van der Waals surface area contributed by atoms with Gasteiger partial charge in [0.05, 0.1) is 5.56 Å². The first-order valence-electron chi connectivity index (χ1n) is 3.97. The molecule has 0 bridgehead atoms. The number of rotatable bonds is 1. The van der Waals surface area contributed by atoms with Gasteiger partial charge in [-0.05, 0) is 30.7 Å². The van der Waals surface area contributed by atoms with Crippen molar-refractivity contribution in [3.05, 3.63) is 29.3 Å². The van der Waals surface area contributed by atoms with E-state index in [9.17, 15) is 13.2 Å². The summed E-state index contributed by atoms with van der Waals surface area (Å²) in [5.74, 6) is -0.424. The lowest BCUT2D eigenvalue weighted by Crippen LogP contribution is -2.09. The zero-order valence-corrected chi connectivity index (χ0v) is 7.47. The first kappa shape index (κ1) is 10.8. The summed E-state index contributed by atoms with van der Waals surface area (Å²) >= 11 is 0. The van der Waals surface area contributed by atoms with E-state index in [1.54, 1.807) is 6.92 Å². The lowest BCUT2D eigenvalue weighted by molar-refractivity contribution is -0.137. The molecule has 0 aliphatic carbocycles. The molecule has 0 aliphatic heterocycles. The SMILES string of the molecule is CC(N)c1cc(O)cc(C(F)(F)F)c1. The molecule has 0 aliphatic rings. The van der Waals surface area contributed by atoms with Gasteiger partial charge < -0.3 is 10.8 Å². The maximum Gasteiger partial charge on any atom is 0.416 e. The van der Waals surface area contributed by atoms with Gasteiger partial charge >= 0.3 is 6.18 Å². The van der Waals surface area contributed by atoms with Crippen molar-refractivity contribution in [3.63, 3.8) is 0 Å². The molecule has 0 fully saturated rings. The third-order valence-corrected chi connectivity index (χ3v) is 1.79. The molecule has 0 aromatic heterocycles. The van der Waals surface area contributed by atoms with Crippen LogP contribution in [0.2, 0.25) is 0 Å². The minimum Gasteiger partial charge on any atom is -0.508 e. The minimum atomic E-state index is -4.46. The Morgan fingerprint density at radius 3 is 2.29 bits per heavy atom. The van der Waals surface area contributed by atoms with Gasteiger partial charge in [-0.2, -0.15) is 13.2 Å². The van der Waals surface area contributed by atoms with Crippen LogP contribution in [0.25, 0.3) is 0 Å². The highest BCUT2D eigenvalue weighted by atomic mass is 19.4. The normalized spacial score (nSPS) is 14.1. The van der Waals surface area contributed by atoms with Crippen molar-refractivity contribution >= 4 is 0 Å². The number of nitrogens with two attached hydrogens (primary N) is 1. The molecule has 14 heavy (non-hydrogen) atoms. The molecule has 0 saturated carbocycles. The second-order valence-electron chi connectivity index (χ2n) is 3.10. The van der Waals surface area contributed by atoms with Crippen LogP contribution >= 0.6 is 0 Å². The van der Waals surface area contributed by atoms with Gasteiger partial charge in [-0.25, -0.2) is 0 Å². The second kappa shape index (κ2) is 3.49. The Hall–Kier alpha value is -1.23. The predicted octanol–water partition coefficient (Wildman–Crippen LogP) is 2.43. The van der Waals surface area contributed by atoms with E-state index in [-0.39, 0.29) is 5.56 Å². The van der Waals surface area contributed by atoms with Crippen molar-refractivity contribution in [1.29, 1.82) is 0 Å². The van der Waals surface area contributed by atoms with Crippen LogP contribution in [0, 0.1) is 0 Å². The number of aromatic hydroxyl groups is 1. The van der Waals surface area contributed by atoms with Crippen molar-refractivity contribution in [3.8, 4) is 5.75 Å². The molecule has 3 N–H and O–H groups in total. The summed E-state index contributed by atoms with van der Waals surface area (Å²) in [6, 6.07) is 2.29. The number of alkyl halides is 3. The smallest absolute Gasteiger partial charge is 0.416 e. The minimum absolute atomic E-state index is 0.261. The van der Waals surface area contributed by atoms with Crippen LogP contribution < -0.4 is 5.73 Å². The molecule has 0 heterocycles. The molecule has 1 unspecified atom stereocenters. The van der Waals surface area contributed by atoms with Crippen LogP contribution in [0.1, 0.15) is 24.1 Å². The topological polar surface area (TPSA) is 46.2 Å². The van der Waals surface area contributed by atoms with Crippen molar-refractivity contribution in [2.45, 2.75) is 19.1 Å². The van der Waals surface area contributed by atoms with Crippen LogP contribution in [0.4, 0.5) is 13.2 Å². The highest BCUT2D eigenvalue weighted by Gasteiger charge is 2.31. The van der Waals surface area contributed by atoms with Gasteiger partial charge in [-0.1, -0.05) is 0 Å². The van der Waals surface area contributed by atoms with Gasteiger partial charge in [0.1, 0.15) is 5.75 Å².